The van der Waals surface area contributed by atoms with Gasteiger partial charge in [-0.1, -0.05) is 0 Å². The Kier molecular flexibility index (Phi) is 7.53. The van der Waals surface area contributed by atoms with Gasteiger partial charge >= 0.3 is 0 Å². The van der Waals surface area contributed by atoms with Gasteiger partial charge < -0.3 is 4.74 Å². The Morgan fingerprint density at radius 3 is 1.66 bits per heavy atom. The van der Waals surface area contributed by atoms with E-state index in [-0.39, 0.29) is 0 Å². The highest BCUT2D eigenvalue weighted by Gasteiger charge is 2.29. The van der Waals surface area contributed by atoms with Crippen molar-refractivity contribution in [2.45, 2.75) is 111 Å². The second kappa shape index (κ2) is 9.73. The van der Waals surface area contributed by atoms with Gasteiger partial charge in [0.1, 0.15) is 0 Å². The molecule has 2 fully saturated rings. The Morgan fingerprint density at radius 1 is 0.724 bits per heavy atom. The summed E-state index contributed by atoms with van der Waals surface area (Å²) >= 11 is 0. The van der Waals surface area contributed by atoms with Crippen LogP contribution in [-0.4, -0.2) is 12.2 Å². The lowest BCUT2D eigenvalue weighted by atomic mass is 9.76. The zero-order valence-electron chi connectivity index (χ0n) is 18.9. The molecule has 162 valence electrons. The first kappa shape index (κ1) is 22.5. The molecule has 1 aromatic carbocycles. The third kappa shape index (κ3) is 5.29. The summed E-state index contributed by atoms with van der Waals surface area (Å²) in [6.45, 7) is 11.4. The van der Waals surface area contributed by atoms with Crippen LogP contribution in [0.5, 0.6) is 0 Å². The van der Waals surface area contributed by atoms with Crippen molar-refractivity contribution in [1.82, 2.24) is 0 Å². The molecule has 0 aromatic heterocycles. The monoisotopic (exact) mass is 404 g/mol. The second-order valence-corrected chi connectivity index (χ2v) is 9.52. The van der Waals surface area contributed by atoms with E-state index in [4.69, 9.17) is 4.74 Å². The predicted molar refractivity (Wildman–Crippen MR) is 117 cm³/mol. The molecule has 0 unspecified atom stereocenters. The van der Waals surface area contributed by atoms with E-state index in [9.17, 15) is 8.78 Å². The fraction of sp³-hybridized carbons (Fsp3) is 0.692. The summed E-state index contributed by atoms with van der Waals surface area (Å²) in [6.07, 6.45) is 9.59. The normalized spacial score (nSPS) is 27.7. The molecule has 3 heteroatoms. The van der Waals surface area contributed by atoms with E-state index in [0.29, 0.717) is 30.5 Å². The maximum atomic E-state index is 12.3. The molecule has 0 spiro atoms. The average Bonchev–Trinajstić information content (AvgIpc) is 2.71. The molecular weight excluding hydrogens is 366 g/mol. The van der Waals surface area contributed by atoms with Crippen molar-refractivity contribution >= 4 is 0 Å². The van der Waals surface area contributed by atoms with Crippen molar-refractivity contribution in [2.75, 3.05) is 0 Å². The number of hydrogen-bond donors (Lipinski definition) is 0. The summed E-state index contributed by atoms with van der Waals surface area (Å²) in [5, 5.41) is 0. The molecule has 3 rings (SSSR count). The van der Waals surface area contributed by atoms with Crippen LogP contribution < -0.4 is 0 Å². The maximum Gasteiger partial charge on any atom is 0.266 e. The fourth-order valence-electron chi connectivity index (χ4n) is 5.66. The number of ether oxygens (including phenoxy) is 1. The van der Waals surface area contributed by atoms with Crippen molar-refractivity contribution in [3.05, 3.63) is 45.5 Å². The van der Waals surface area contributed by atoms with Gasteiger partial charge in [-0.25, -0.2) is 0 Å². The minimum Gasteiger partial charge on any atom is -0.375 e. The molecule has 1 aromatic rings. The molecule has 0 amide bonds. The van der Waals surface area contributed by atoms with E-state index < -0.39 is 6.08 Å². The Balaban J connectivity index is 1.52. The number of allylic oxidation sites excluding steroid dienone is 1. The largest absolute Gasteiger partial charge is 0.375 e. The zero-order chi connectivity index (χ0) is 21.1. The van der Waals surface area contributed by atoms with Gasteiger partial charge in [0, 0.05) is 0 Å². The van der Waals surface area contributed by atoms with E-state index in [2.05, 4.69) is 34.6 Å². The van der Waals surface area contributed by atoms with Crippen molar-refractivity contribution in [2.24, 2.45) is 5.92 Å². The SMILES string of the molecule is Cc1c(C)c(C)c(C2CCC(OC3CCC(CC=C(F)F)CC3)CC2)c(C)c1C. The number of rotatable bonds is 5. The van der Waals surface area contributed by atoms with Crippen molar-refractivity contribution < 1.29 is 13.5 Å². The zero-order valence-corrected chi connectivity index (χ0v) is 18.9. The van der Waals surface area contributed by atoms with Gasteiger partial charge in [-0.2, -0.15) is 8.78 Å². The minimum atomic E-state index is -1.54. The van der Waals surface area contributed by atoms with Gasteiger partial charge in [-0.15, -0.1) is 0 Å². The first-order chi connectivity index (χ1) is 13.8. The van der Waals surface area contributed by atoms with E-state index in [1.807, 2.05) is 0 Å². The van der Waals surface area contributed by atoms with Crippen LogP contribution >= 0.6 is 0 Å². The number of benzene rings is 1. The second-order valence-electron chi connectivity index (χ2n) is 9.52. The van der Waals surface area contributed by atoms with E-state index in [1.54, 1.807) is 5.56 Å². The number of hydrogen-bond acceptors (Lipinski definition) is 1. The topological polar surface area (TPSA) is 9.23 Å². The smallest absolute Gasteiger partial charge is 0.266 e. The molecule has 2 aliphatic carbocycles. The molecule has 2 aliphatic rings. The standard InChI is InChI=1S/C26H38F2O/c1-16-17(2)19(4)26(20(5)18(16)3)22-9-13-24(14-10-22)29-23-11-6-21(7-12-23)8-15-25(27)28/h15,21-24H,6-14H2,1-5H3. The Morgan fingerprint density at radius 2 is 1.17 bits per heavy atom. The van der Waals surface area contributed by atoms with Gasteiger partial charge in [-0.3, -0.25) is 0 Å². The Labute approximate surface area is 175 Å². The predicted octanol–water partition coefficient (Wildman–Crippen LogP) is 8.00. The fourth-order valence-corrected chi connectivity index (χ4v) is 5.66. The van der Waals surface area contributed by atoms with Gasteiger partial charge in [-0.05, 0) is 144 Å². The van der Waals surface area contributed by atoms with Crippen LogP contribution in [0.3, 0.4) is 0 Å². The van der Waals surface area contributed by atoms with E-state index >= 15 is 0 Å². The minimum absolute atomic E-state index is 0.333. The molecule has 1 nitrogen and oxygen atoms in total. The number of halogens is 2. The summed E-state index contributed by atoms with van der Waals surface area (Å²) in [5.74, 6) is 1.07. The lowest BCUT2D eigenvalue weighted by molar-refractivity contribution is -0.0527. The highest BCUT2D eigenvalue weighted by molar-refractivity contribution is 5.51. The molecular formula is C26H38F2O. The van der Waals surface area contributed by atoms with E-state index in [1.165, 1.54) is 40.7 Å². The quantitative estimate of drug-likeness (QED) is 0.483. The molecule has 0 atom stereocenters. The van der Waals surface area contributed by atoms with Crippen LogP contribution in [0.2, 0.25) is 0 Å². The van der Waals surface area contributed by atoms with Crippen LogP contribution in [0.15, 0.2) is 12.2 Å². The van der Waals surface area contributed by atoms with Crippen LogP contribution in [-0.2, 0) is 4.74 Å². The summed E-state index contributed by atoms with van der Waals surface area (Å²) in [7, 11) is 0. The van der Waals surface area contributed by atoms with Crippen LogP contribution in [0.4, 0.5) is 8.78 Å². The van der Waals surface area contributed by atoms with Crippen LogP contribution in [0.25, 0.3) is 0 Å². The molecule has 2 saturated carbocycles. The first-order valence-electron chi connectivity index (χ1n) is 11.5. The lowest BCUT2D eigenvalue weighted by Crippen LogP contribution is -2.29. The van der Waals surface area contributed by atoms with Gasteiger partial charge in [0.2, 0.25) is 0 Å². The van der Waals surface area contributed by atoms with Gasteiger partial charge in [0.25, 0.3) is 6.08 Å². The van der Waals surface area contributed by atoms with Crippen molar-refractivity contribution in [1.29, 1.82) is 0 Å². The summed E-state index contributed by atoms with van der Waals surface area (Å²) in [4.78, 5) is 0. The molecule has 0 bridgehead atoms. The highest BCUT2D eigenvalue weighted by atomic mass is 19.3. The van der Waals surface area contributed by atoms with Crippen molar-refractivity contribution in [3.63, 3.8) is 0 Å². The molecule has 0 saturated heterocycles. The molecule has 0 N–H and O–H groups in total. The highest BCUT2D eigenvalue weighted by Crippen LogP contribution is 2.41. The van der Waals surface area contributed by atoms with Gasteiger partial charge in [0.15, 0.2) is 0 Å². The van der Waals surface area contributed by atoms with Crippen LogP contribution in [0.1, 0.15) is 97.1 Å². The van der Waals surface area contributed by atoms with Crippen LogP contribution in [0, 0.1) is 40.5 Å². The molecule has 0 radical (unpaired) electrons. The molecule has 29 heavy (non-hydrogen) atoms. The third-order valence-electron chi connectivity index (χ3n) is 7.92. The van der Waals surface area contributed by atoms with E-state index in [0.717, 1.165) is 44.6 Å². The lowest BCUT2D eigenvalue weighted by Gasteiger charge is -2.36. The van der Waals surface area contributed by atoms with Gasteiger partial charge in [0.05, 0.1) is 12.2 Å². The maximum absolute atomic E-state index is 12.3. The summed E-state index contributed by atoms with van der Waals surface area (Å²) in [5.41, 5.74) is 8.94. The molecule has 0 aliphatic heterocycles. The summed E-state index contributed by atoms with van der Waals surface area (Å²) < 4.78 is 31.0. The Bertz CT molecular complexity index is 703. The average molecular weight is 405 g/mol. The third-order valence-corrected chi connectivity index (χ3v) is 7.92. The Hall–Kier alpha value is -1.22. The first-order valence-corrected chi connectivity index (χ1v) is 11.5. The summed E-state index contributed by atoms with van der Waals surface area (Å²) in [6, 6.07) is 0. The molecule has 0 heterocycles. The van der Waals surface area contributed by atoms with Crippen molar-refractivity contribution in [3.8, 4) is 0 Å².